The molecule has 0 atom stereocenters. The third-order valence-electron chi connectivity index (χ3n) is 2.76. The zero-order valence-corrected chi connectivity index (χ0v) is 10.2. The molecule has 0 aromatic heterocycles. The minimum Gasteiger partial charge on any atom is -0.309 e. The first-order valence-corrected chi connectivity index (χ1v) is 5.75. The monoisotopic (exact) mass is 203 g/mol. The fraction of sp³-hybridized carbons (Fsp3) is 0.429. The highest BCUT2D eigenvalue weighted by atomic mass is 14.9. The van der Waals surface area contributed by atoms with Crippen molar-refractivity contribution in [2.45, 2.75) is 27.7 Å². The molecule has 0 spiro atoms. The van der Waals surface area contributed by atoms with Crippen LogP contribution in [0.2, 0.25) is 0 Å². The van der Waals surface area contributed by atoms with Gasteiger partial charge in [-0.1, -0.05) is 38.1 Å². The second-order valence-corrected chi connectivity index (χ2v) is 3.61. The van der Waals surface area contributed by atoms with E-state index in [0.717, 1.165) is 13.1 Å². The SMILES string of the molecule is CC.Cc1cccc(C2=CCNC2)c1C. The zero-order valence-electron chi connectivity index (χ0n) is 10.2. The Labute approximate surface area is 93.2 Å². The van der Waals surface area contributed by atoms with Crippen molar-refractivity contribution < 1.29 is 0 Å². The van der Waals surface area contributed by atoms with E-state index in [1.807, 2.05) is 13.8 Å². The second-order valence-electron chi connectivity index (χ2n) is 3.61. The first kappa shape index (κ1) is 12.0. The van der Waals surface area contributed by atoms with E-state index < -0.39 is 0 Å². The van der Waals surface area contributed by atoms with Gasteiger partial charge < -0.3 is 5.32 Å². The average Bonchev–Trinajstić information content (AvgIpc) is 2.78. The molecule has 82 valence electrons. The van der Waals surface area contributed by atoms with E-state index in [-0.39, 0.29) is 0 Å². The Morgan fingerprint density at radius 2 is 1.87 bits per heavy atom. The van der Waals surface area contributed by atoms with Crippen LogP contribution in [0.1, 0.15) is 30.5 Å². The standard InChI is InChI=1S/C12H15N.C2H6/c1-9-4-3-5-12(10(9)2)11-6-7-13-8-11;1-2/h3-6,13H,7-8H2,1-2H3;1-2H3. The molecule has 1 aliphatic heterocycles. The fourth-order valence-electron chi connectivity index (χ4n) is 1.78. The van der Waals surface area contributed by atoms with E-state index in [9.17, 15) is 0 Å². The minimum atomic E-state index is 1.02. The van der Waals surface area contributed by atoms with Crippen LogP contribution >= 0.6 is 0 Å². The van der Waals surface area contributed by atoms with Crippen LogP contribution in [0.25, 0.3) is 5.57 Å². The Hall–Kier alpha value is -1.08. The van der Waals surface area contributed by atoms with Gasteiger partial charge in [0.2, 0.25) is 0 Å². The highest BCUT2D eigenvalue weighted by Crippen LogP contribution is 2.22. The maximum atomic E-state index is 3.32. The molecule has 1 aromatic carbocycles. The normalized spacial score (nSPS) is 14.3. The van der Waals surface area contributed by atoms with E-state index in [2.05, 4.69) is 43.4 Å². The number of rotatable bonds is 1. The van der Waals surface area contributed by atoms with Gasteiger partial charge in [0.25, 0.3) is 0 Å². The summed E-state index contributed by atoms with van der Waals surface area (Å²) < 4.78 is 0. The van der Waals surface area contributed by atoms with Crippen LogP contribution in [-0.2, 0) is 0 Å². The highest BCUT2D eigenvalue weighted by molar-refractivity contribution is 5.71. The molecule has 1 N–H and O–H groups in total. The lowest BCUT2D eigenvalue weighted by molar-refractivity contribution is 0.897. The van der Waals surface area contributed by atoms with Gasteiger partial charge in [0.1, 0.15) is 0 Å². The maximum Gasteiger partial charge on any atom is 0.0211 e. The number of hydrogen-bond acceptors (Lipinski definition) is 1. The first-order chi connectivity index (χ1) is 7.29. The average molecular weight is 203 g/mol. The highest BCUT2D eigenvalue weighted by Gasteiger charge is 2.09. The lowest BCUT2D eigenvalue weighted by Gasteiger charge is -2.08. The van der Waals surface area contributed by atoms with Gasteiger partial charge in [0, 0.05) is 13.1 Å². The Morgan fingerprint density at radius 3 is 2.47 bits per heavy atom. The maximum absolute atomic E-state index is 3.32. The molecule has 0 saturated heterocycles. The zero-order chi connectivity index (χ0) is 11.3. The van der Waals surface area contributed by atoms with E-state index >= 15 is 0 Å². The van der Waals surface area contributed by atoms with Crippen molar-refractivity contribution >= 4 is 5.57 Å². The molecule has 0 saturated carbocycles. The summed E-state index contributed by atoms with van der Waals surface area (Å²) in [4.78, 5) is 0. The molecular formula is C14H21N. The molecule has 1 heteroatoms. The van der Waals surface area contributed by atoms with Crippen molar-refractivity contribution in [1.29, 1.82) is 0 Å². The van der Waals surface area contributed by atoms with Gasteiger partial charge in [0.15, 0.2) is 0 Å². The number of hydrogen-bond donors (Lipinski definition) is 1. The van der Waals surface area contributed by atoms with Gasteiger partial charge in [0.05, 0.1) is 0 Å². The summed E-state index contributed by atoms with van der Waals surface area (Å²) in [5.74, 6) is 0. The fourth-order valence-corrected chi connectivity index (χ4v) is 1.78. The predicted molar refractivity (Wildman–Crippen MR) is 68.1 cm³/mol. The largest absolute Gasteiger partial charge is 0.309 e. The Kier molecular flexibility index (Phi) is 4.57. The van der Waals surface area contributed by atoms with Crippen LogP contribution in [0.4, 0.5) is 0 Å². The van der Waals surface area contributed by atoms with Gasteiger partial charge in [-0.25, -0.2) is 0 Å². The van der Waals surface area contributed by atoms with Crippen LogP contribution in [0.5, 0.6) is 0 Å². The van der Waals surface area contributed by atoms with Crippen molar-refractivity contribution in [2.75, 3.05) is 13.1 Å². The molecule has 2 rings (SSSR count). The number of aryl methyl sites for hydroxylation is 1. The molecule has 0 amide bonds. The van der Waals surface area contributed by atoms with Crippen LogP contribution < -0.4 is 5.32 Å². The van der Waals surface area contributed by atoms with Crippen molar-refractivity contribution in [3.63, 3.8) is 0 Å². The van der Waals surface area contributed by atoms with Crippen LogP contribution in [0.3, 0.4) is 0 Å². The lowest BCUT2D eigenvalue weighted by atomic mass is 9.98. The molecule has 1 heterocycles. The number of nitrogens with one attached hydrogen (secondary N) is 1. The van der Waals surface area contributed by atoms with Gasteiger partial charge in [-0.2, -0.15) is 0 Å². The third-order valence-corrected chi connectivity index (χ3v) is 2.76. The van der Waals surface area contributed by atoms with Crippen LogP contribution in [0, 0.1) is 13.8 Å². The summed E-state index contributed by atoms with van der Waals surface area (Å²) in [7, 11) is 0. The molecule has 15 heavy (non-hydrogen) atoms. The summed E-state index contributed by atoms with van der Waals surface area (Å²) in [6, 6.07) is 6.51. The van der Waals surface area contributed by atoms with E-state index in [0.29, 0.717) is 0 Å². The van der Waals surface area contributed by atoms with Gasteiger partial charge >= 0.3 is 0 Å². The Bertz CT molecular complexity index is 350. The van der Waals surface area contributed by atoms with Crippen molar-refractivity contribution in [3.05, 3.63) is 41.0 Å². The van der Waals surface area contributed by atoms with Crippen molar-refractivity contribution in [1.82, 2.24) is 5.32 Å². The quantitative estimate of drug-likeness (QED) is 0.738. The smallest absolute Gasteiger partial charge is 0.0211 e. The van der Waals surface area contributed by atoms with Gasteiger partial charge in [-0.15, -0.1) is 0 Å². The third kappa shape index (κ3) is 2.69. The predicted octanol–water partition coefficient (Wildman–Crippen LogP) is 3.32. The summed E-state index contributed by atoms with van der Waals surface area (Å²) in [6.45, 7) is 10.4. The van der Waals surface area contributed by atoms with Crippen molar-refractivity contribution in [2.24, 2.45) is 0 Å². The summed E-state index contributed by atoms with van der Waals surface area (Å²) >= 11 is 0. The lowest BCUT2D eigenvalue weighted by Crippen LogP contribution is -2.08. The van der Waals surface area contributed by atoms with E-state index in [1.165, 1.54) is 22.3 Å². The molecule has 1 aromatic rings. The van der Waals surface area contributed by atoms with Crippen molar-refractivity contribution in [3.8, 4) is 0 Å². The molecule has 0 radical (unpaired) electrons. The van der Waals surface area contributed by atoms with Crippen LogP contribution in [-0.4, -0.2) is 13.1 Å². The second kappa shape index (κ2) is 5.72. The minimum absolute atomic E-state index is 1.02. The number of benzene rings is 1. The molecule has 0 aliphatic carbocycles. The van der Waals surface area contributed by atoms with Gasteiger partial charge in [-0.3, -0.25) is 0 Å². The Morgan fingerprint density at radius 1 is 1.13 bits per heavy atom. The first-order valence-electron chi connectivity index (χ1n) is 5.75. The summed E-state index contributed by atoms with van der Waals surface area (Å²) in [5.41, 5.74) is 5.65. The Balaban J connectivity index is 0.000000531. The molecule has 0 bridgehead atoms. The summed E-state index contributed by atoms with van der Waals surface area (Å²) in [5, 5.41) is 3.32. The topological polar surface area (TPSA) is 12.0 Å². The molecular weight excluding hydrogens is 182 g/mol. The molecule has 0 fully saturated rings. The van der Waals surface area contributed by atoms with E-state index in [1.54, 1.807) is 0 Å². The molecule has 0 unspecified atom stereocenters. The molecule has 1 nitrogen and oxygen atoms in total. The molecule has 1 aliphatic rings. The van der Waals surface area contributed by atoms with E-state index in [4.69, 9.17) is 0 Å². The summed E-state index contributed by atoms with van der Waals surface area (Å²) in [6.07, 6.45) is 2.28. The van der Waals surface area contributed by atoms with Crippen LogP contribution in [0.15, 0.2) is 24.3 Å². The van der Waals surface area contributed by atoms with Gasteiger partial charge in [-0.05, 0) is 36.1 Å².